The van der Waals surface area contributed by atoms with Crippen molar-refractivity contribution in [3.05, 3.63) is 0 Å². The van der Waals surface area contributed by atoms with E-state index in [0.29, 0.717) is 59.2 Å². The molecule has 0 amide bonds. The molecule has 8 fully saturated rings. The molecular formula is C20H22O4. The zero-order valence-electron chi connectivity index (χ0n) is 13.5. The normalized spacial score (nSPS) is 71.5. The fourth-order valence-electron chi connectivity index (χ4n) is 10.5. The van der Waals surface area contributed by atoms with E-state index >= 15 is 0 Å². The minimum Gasteiger partial charge on any atom is -0.462 e. The van der Waals surface area contributed by atoms with Crippen molar-refractivity contribution in [2.24, 2.45) is 71.0 Å². The highest BCUT2D eigenvalue weighted by Gasteiger charge is 2.82. The third-order valence-electron chi connectivity index (χ3n) is 10.3. The number of fused-ring (bicyclic) bond motifs is 4. The highest BCUT2D eigenvalue weighted by atomic mass is 16.6. The first kappa shape index (κ1) is 12.3. The van der Waals surface area contributed by atoms with Gasteiger partial charge >= 0.3 is 11.9 Å². The first-order chi connectivity index (χ1) is 11.8. The summed E-state index contributed by atoms with van der Waals surface area (Å²) in [7, 11) is 0. The van der Waals surface area contributed by atoms with E-state index in [0.717, 1.165) is 12.8 Å². The van der Waals surface area contributed by atoms with Crippen LogP contribution in [-0.4, -0.2) is 24.1 Å². The lowest BCUT2D eigenvalue weighted by Gasteiger charge is -2.40. The molecule has 0 bridgehead atoms. The molecule has 0 N–H and O–H groups in total. The fraction of sp³-hybridized carbons (Fsp3) is 0.900. The monoisotopic (exact) mass is 326 g/mol. The SMILES string of the molecule is O=C1O[C@@H]2CC[C@H]3[C@@H]4[C@H]5C(=O)O[C@H]6CC[C@H]7[C@H]8[C@H]1[C@H]([C@H]4[C@@H]8[C@@H]5[C@H]76)[C@@H]32. The molecule has 6 aliphatic carbocycles. The lowest BCUT2D eigenvalue weighted by atomic mass is 9.70. The summed E-state index contributed by atoms with van der Waals surface area (Å²) in [6, 6.07) is 0. The van der Waals surface area contributed by atoms with Crippen LogP contribution in [0.3, 0.4) is 0 Å². The van der Waals surface area contributed by atoms with Crippen molar-refractivity contribution in [1.82, 2.24) is 0 Å². The summed E-state index contributed by atoms with van der Waals surface area (Å²) in [5.41, 5.74) is 0. The zero-order valence-corrected chi connectivity index (χ0v) is 13.5. The van der Waals surface area contributed by atoms with Crippen LogP contribution in [-0.2, 0) is 19.1 Å². The molecule has 8 aliphatic rings. The van der Waals surface area contributed by atoms with Crippen molar-refractivity contribution < 1.29 is 19.1 Å². The number of hydrogen-bond donors (Lipinski definition) is 0. The average molecular weight is 326 g/mol. The average Bonchev–Trinajstić information content (AvgIpc) is 3.29. The number of hydrogen-bond acceptors (Lipinski definition) is 4. The second kappa shape index (κ2) is 3.43. The van der Waals surface area contributed by atoms with Gasteiger partial charge in [0.15, 0.2) is 0 Å². The van der Waals surface area contributed by atoms with Crippen LogP contribution < -0.4 is 0 Å². The van der Waals surface area contributed by atoms with Gasteiger partial charge in [0.2, 0.25) is 0 Å². The van der Waals surface area contributed by atoms with Gasteiger partial charge in [0.1, 0.15) is 12.2 Å². The summed E-state index contributed by atoms with van der Waals surface area (Å²) in [4.78, 5) is 25.9. The molecule has 0 aromatic carbocycles. The van der Waals surface area contributed by atoms with Crippen LogP contribution in [0.25, 0.3) is 0 Å². The van der Waals surface area contributed by atoms with Crippen molar-refractivity contribution in [1.29, 1.82) is 0 Å². The molecule has 0 unspecified atom stereocenters. The number of esters is 2. The molecule has 2 saturated heterocycles. The molecule has 8 rings (SSSR count). The molecular weight excluding hydrogens is 304 g/mol. The summed E-state index contributed by atoms with van der Waals surface area (Å²) in [5.74, 6) is 6.37. The molecule has 0 aromatic rings. The molecule has 2 aliphatic heterocycles. The Morgan fingerprint density at radius 1 is 0.542 bits per heavy atom. The van der Waals surface area contributed by atoms with E-state index in [2.05, 4.69) is 0 Å². The van der Waals surface area contributed by atoms with Gasteiger partial charge in [-0.2, -0.15) is 0 Å². The maximum absolute atomic E-state index is 13.0. The Kier molecular flexibility index (Phi) is 1.76. The number of carbonyl (C=O) groups excluding carboxylic acids is 2. The van der Waals surface area contributed by atoms with Crippen molar-refractivity contribution >= 4 is 11.9 Å². The first-order valence-electron chi connectivity index (χ1n) is 10.2. The molecule has 0 radical (unpaired) electrons. The Hall–Kier alpha value is -1.06. The Morgan fingerprint density at radius 3 is 1.46 bits per heavy atom. The van der Waals surface area contributed by atoms with Gasteiger partial charge in [-0.3, -0.25) is 9.59 Å². The second-order valence-electron chi connectivity index (χ2n) is 10.1. The number of ether oxygens (including phenoxy) is 2. The van der Waals surface area contributed by atoms with E-state index in [1.54, 1.807) is 0 Å². The first-order valence-corrected chi connectivity index (χ1v) is 10.2. The predicted molar refractivity (Wildman–Crippen MR) is 80.1 cm³/mol. The van der Waals surface area contributed by atoms with Gasteiger partial charge in [-0.25, -0.2) is 0 Å². The van der Waals surface area contributed by atoms with E-state index in [1.165, 1.54) is 12.8 Å². The third-order valence-corrected chi connectivity index (χ3v) is 10.3. The smallest absolute Gasteiger partial charge is 0.309 e. The molecule has 126 valence electrons. The molecule has 24 heavy (non-hydrogen) atoms. The van der Waals surface area contributed by atoms with Gasteiger partial charge in [-0.05, 0) is 73.0 Å². The molecule has 6 saturated carbocycles. The second-order valence-corrected chi connectivity index (χ2v) is 10.1. The Morgan fingerprint density at radius 2 is 1.00 bits per heavy atom. The van der Waals surface area contributed by atoms with Crippen LogP contribution in [0.1, 0.15) is 25.7 Å². The van der Waals surface area contributed by atoms with E-state index < -0.39 is 0 Å². The lowest BCUT2D eigenvalue weighted by Crippen LogP contribution is -2.46. The minimum absolute atomic E-state index is 0.132. The van der Waals surface area contributed by atoms with Gasteiger partial charge in [0.25, 0.3) is 0 Å². The molecule has 4 heteroatoms. The van der Waals surface area contributed by atoms with Crippen LogP contribution in [0.4, 0.5) is 0 Å². The van der Waals surface area contributed by atoms with Gasteiger partial charge < -0.3 is 9.47 Å². The highest BCUT2D eigenvalue weighted by Crippen LogP contribution is 2.81. The van der Waals surface area contributed by atoms with Crippen molar-refractivity contribution in [2.45, 2.75) is 37.9 Å². The molecule has 2 heterocycles. The van der Waals surface area contributed by atoms with Crippen LogP contribution in [0.5, 0.6) is 0 Å². The van der Waals surface area contributed by atoms with Crippen LogP contribution in [0.2, 0.25) is 0 Å². The lowest BCUT2D eigenvalue weighted by molar-refractivity contribution is -0.175. The fourth-order valence-corrected chi connectivity index (χ4v) is 10.5. The van der Waals surface area contributed by atoms with E-state index in [4.69, 9.17) is 9.47 Å². The quantitative estimate of drug-likeness (QED) is 0.638. The summed E-state index contributed by atoms with van der Waals surface area (Å²) in [6.07, 6.45) is 4.73. The predicted octanol–water partition coefficient (Wildman–Crippen LogP) is 1.87. The summed E-state index contributed by atoms with van der Waals surface area (Å²) in [6.45, 7) is 0. The molecule has 4 nitrogen and oxygen atoms in total. The van der Waals surface area contributed by atoms with E-state index in [9.17, 15) is 9.59 Å². The standard InChI is InChI=1S/C20H22O4/c21-19-17-11-5-1-3-7-9(5)13-15(11)16-12(18(13)20(22)23-7)6-2-4-8(24-19)10(6)14(16)17/h5-18H,1-4H2/t5-,6-,7-,8+,9+,10-,11+,12-,13+,14+,15+,16+,17-,18+/m1/s1. The molecule has 14 atom stereocenters. The van der Waals surface area contributed by atoms with Gasteiger partial charge in [-0.1, -0.05) is 0 Å². The van der Waals surface area contributed by atoms with E-state index in [-0.39, 0.29) is 36.0 Å². The van der Waals surface area contributed by atoms with Crippen molar-refractivity contribution in [2.75, 3.05) is 0 Å². The maximum Gasteiger partial charge on any atom is 0.309 e. The van der Waals surface area contributed by atoms with Crippen LogP contribution in [0.15, 0.2) is 0 Å². The maximum atomic E-state index is 13.0. The number of rotatable bonds is 0. The van der Waals surface area contributed by atoms with Gasteiger partial charge in [0, 0.05) is 11.8 Å². The summed E-state index contributed by atoms with van der Waals surface area (Å²) in [5, 5.41) is 0. The largest absolute Gasteiger partial charge is 0.462 e. The third kappa shape index (κ3) is 0.964. The summed E-state index contributed by atoms with van der Waals surface area (Å²) >= 11 is 0. The molecule has 0 aromatic heterocycles. The summed E-state index contributed by atoms with van der Waals surface area (Å²) < 4.78 is 12.0. The number of carbonyl (C=O) groups is 2. The Bertz CT molecular complexity index is 656. The topological polar surface area (TPSA) is 52.6 Å². The van der Waals surface area contributed by atoms with Crippen LogP contribution in [0, 0.1) is 71.0 Å². The Balaban J connectivity index is 1.41. The van der Waals surface area contributed by atoms with Crippen LogP contribution >= 0.6 is 0 Å². The van der Waals surface area contributed by atoms with Crippen molar-refractivity contribution in [3.63, 3.8) is 0 Å². The minimum atomic E-state index is 0.132. The zero-order chi connectivity index (χ0) is 15.5. The highest BCUT2D eigenvalue weighted by molar-refractivity contribution is 5.79. The van der Waals surface area contributed by atoms with Gasteiger partial charge in [0.05, 0.1) is 11.8 Å². The van der Waals surface area contributed by atoms with Gasteiger partial charge in [-0.15, -0.1) is 0 Å². The Labute approximate surface area is 140 Å². The van der Waals surface area contributed by atoms with Crippen molar-refractivity contribution in [3.8, 4) is 0 Å². The molecule has 0 spiro atoms. The van der Waals surface area contributed by atoms with E-state index in [1.807, 2.05) is 0 Å².